The summed E-state index contributed by atoms with van der Waals surface area (Å²) in [5, 5.41) is 16.3. The van der Waals surface area contributed by atoms with E-state index in [0.29, 0.717) is 24.7 Å². The van der Waals surface area contributed by atoms with Crippen molar-refractivity contribution in [2.75, 3.05) is 45.6 Å². The van der Waals surface area contributed by atoms with Crippen LogP contribution < -0.4 is 10.6 Å². The Labute approximate surface area is 155 Å². The molecule has 0 amide bonds. The molecule has 9 heteroatoms. The van der Waals surface area contributed by atoms with Crippen LogP contribution >= 0.6 is 12.2 Å². The monoisotopic (exact) mass is 386 g/mol. The molecule has 1 aliphatic heterocycles. The van der Waals surface area contributed by atoms with E-state index in [-0.39, 0.29) is 16.3 Å². The van der Waals surface area contributed by atoms with Crippen molar-refractivity contribution in [1.82, 2.24) is 14.5 Å². The Balaban J connectivity index is 2.02. The lowest BCUT2D eigenvalue weighted by Crippen LogP contribution is -2.31. The highest BCUT2D eigenvalue weighted by Gasteiger charge is 2.27. The Morgan fingerprint density at radius 1 is 1.32 bits per heavy atom. The second-order valence-corrected chi connectivity index (χ2v) is 8.67. The Kier molecular flexibility index (Phi) is 7.00. The first-order chi connectivity index (χ1) is 11.8. The maximum Gasteiger partial charge on any atom is 0.243 e. The van der Waals surface area contributed by atoms with Crippen molar-refractivity contribution >= 4 is 33.0 Å². The van der Waals surface area contributed by atoms with Gasteiger partial charge in [-0.2, -0.15) is 4.31 Å². The number of nitrogens with zero attached hydrogens (tertiary/aromatic N) is 2. The van der Waals surface area contributed by atoms with E-state index in [1.54, 1.807) is 0 Å². The summed E-state index contributed by atoms with van der Waals surface area (Å²) in [6, 6.07) is 4.22. The minimum atomic E-state index is -3.53. The van der Waals surface area contributed by atoms with Crippen molar-refractivity contribution in [3.8, 4) is 5.75 Å². The molecule has 0 aromatic heterocycles. The van der Waals surface area contributed by atoms with Crippen LogP contribution in [-0.2, 0) is 10.0 Å². The van der Waals surface area contributed by atoms with Gasteiger partial charge in [-0.05, 0) is 70.3 Å². The second-order valence-electron chi connectivity index (χ2n) is 6.33. The first-order valence-corrected chi connectivity index (χ1v) is 10.2. The smallest absolute Gasteiger partial charge is 0.243 e. The summed E-state index contributed by atoms with van der Waals surface area (Å²) >= 11 is 5.21. The molecular weight excluding hydrogens is 360 g/mol. The molecule has 1 heterocycles. The van der Waals surface area contributed by atoms with Gasteiger partial charge in [-0.1, -0.05) is 0 Å². The lowest BCUT2D eigenvalue weighted by atomic mass is 10.3. The highest BCUT2D eigenvalue weighted by atomic mass is 32.2. The predicted octanol–water partition coefficient (Wildman–Crippen LogP) is 1.41. The molecule has 0 atom stereocenters. The summed E-state index contributed by atoms with van der Waals surface area (Å²) in [5.41, 5.74) is 0.283. The van der Waals surface area contributed by atoms with Crippen LogP contribution in [0.25, 0.3) is 0 Å². The van der Waals surface area contributed by atoms with E-state index in [0.717, 1.165) is 25.8 Å². The molecule has 3 N–H and O–H groups in total. The number of nitrogens with one attached hydrogen (secondary N) is 2. The van der Waals surface area contributed by atoms with Gasteiger partial charge in [0, 0.05) is 19.6 Å². The summed E-state index contributed by atoms with van der Waals surface area (Å²) in [4.78, 5) is 2.24. The van der Waals surface area contributed by atoms with Crippen molar-refractivity contribution in [2.45, 2.75) is 24.2 Å². The summed E-state index contributed by atoms with van der Waals surface area (Å²) in [5.74, 6) is -0.0437. The quantitative estimate of drug-likeness (QED) is 0.371. The van der Waals surface area contributed by atoms with Crippen LogP contribution in [-0.4, -0.2) is 68.1 Å². The molecule has 1 aromatic carbocycles. The normalized spacial score (nSPS) is 15.5. The van der Waals surface area contributed by atoms with Gasteiger partial charge in [-0.15, -0.1) is 0 Å². The molecule has 0 unspecified atom stereocenters. The van der Waals surface area contributed by atoms with Crippen LogP contribution in [0, 0.1) is 0 Å². The Bertz CT molecular complexity index is 701. The third kappa shape index (κ3) is 5.53. The van der Waals surface area contributed by atoms with E-state index < -0.39 is 10.0 Å². The van der Waals surface area contributed by atoms with E-state index >= 15 is 0 Å². The molecule has 1 aromatic rings. The van der Waals surface area contributed by atoms with Gasteiger partial charge < -0.3 is 20.6 Å². The molecule has 2 rings (SSSR count). The molecule has 0 spiro atoms. The molecule has 0 bridgehead atoms. The SMILES string of the molecule is CN(C)CCCNC(=S)Nc1cc(S(=O)(=O)N2CCCC2)ccc1O. The van der Waals surface area contributed by atoms with Gasteiger partial charge in [0.2, 0.25) is 10.0 Å². The highest BCUT2D eigenvalue weighted by Crippen LogP contribution is 2.29. The number of thiocarbonyl (C=S) groups is 1. The first-order valence-electron chi connectivity index (χ1n) is 8.33. The zero-order chi connectivity index (χ0) is 18.4. The number of sulfonamides is 1. The molecule has 1 fully saturated rings. The zero-order valence-electron chi connectivity index (χ0n) is 14.7. The molecule has 0 saturated carbocycles. The first kappa shape index (κ1) is 19.9. The summed E-state index contributed by atoms with van der Waals surface area (Å²) in [7, 11) is 0.471. The molecule has 0 aliphatic carbocycles. The highest BCUT2D eigenvalue weighted by molar-refractivity contribution is 7.89. The third-order valence-corrected chi connectivity index (χ3v) is 6.13. The van der Waals surface area contributed by atoms with Gasteiger partial charge >= 0.3 is 0 Å². The van der Waals surface area contributed by atoms with Crippen molar-refractivity contribution in [1.29, 1.82) is 0 Å². The van der Waals surface area contributed by atoms with Crippen LogP contribution in [0.1, 0.15) is 19.3 Å². The maximum atomic E-state index is 12.6. The topological polar surface area (TPSA) is 84.9 Å². The summed E-state index contributed by atoms with van der Waals surface area (Å²) < 4.78 is 26.7. The summed E-state index contributed by atoms with van der Waals surface area (Å²) in [6.07, 6.45) is 2.68. The molecule has 25 heavy (non-hydrogen) atoms. The minimum absolute atomic E-state index is 0.0437. The van der Waals surface area contributed by atoms with Crippen molar-refractivity contribution in [2.24, 2.45) is 0 Å². The number of rotatable bonds is 7. The van der Waals surface area contributed by atoms with Gasteiger partial charge in [0.25, 0.3) is 0 Å². The van der Waals surface area contributed by atoms with Gasteiger partial charge in [0.05, 0.1) is 10.6 Å². The summed E-state index contributed by atoms with van der Waals surface area (Å²) in [6.45, 7) is 2.70. The van der Waals surface area contributed by atoms with Crippen molar-refractivity contribution < 1.29 is 13.5 Å². The molecule has 7 nitrogen and oxygen atoms in total. The van der Waals surface area contributed by atoms with Crippen LogP contribution in [0.4, 0.5) is 5.69 Å². The third-order valence-electron chi connectivity index (χ3n) is 3.99. The van der Waals surface area contributed by atoms with Gasteiger partial charge in [0.1, 0.15) is 5.75 Å². The fraction of sp³-hybridized carbons (Fsp3) is 0.562. The van der Waals surface area contributed by atoms with Crippen molar-refractivity contribution in [3.05, 3.63) is 18.2 Å². The molecule has 1 aliphatic rings. The largest absolute Gasteiger partial charge is 0.506 e. The lowest BCUT2D eigenvalue weighted by Gasteiger charge is -2.17. The predicted molar refractivity (Wildman–Crippen MR) is 103 cm³/mol. The van der Waals surface area contributed by atoms with Gasteiger partial charge in [-0.3, -0.25) is 0 Å². The van der Waals surface area contributed by atoms with E-state index in [2.05, 4.69) is 15.5 Å². The van der Waals surface area contributed by atoms with Crippen LogP contribution in [0.15, 0.2) is 23.1 Å². The number of hydrogen-bond acceptors (Lipinski definition) is 5. The number of benzene rings is 1. The average Bonchev–Trinajstić information content (AvgIpc) is 3.08. The number of phenols is 1. The van der Waals surface area contributed by atoms with E-state index in [1.165, 1.54) is 22.5 Å². The number of anilines is 1. The maximum absolute atomic E-state index is 12.6. The standard InChI is InChI=1S/C16H26N4O3S2/c1-19(2)9-5-8-17-16(24)18-14-12-13(6-7-15(14)21)25(22,23)20-10-3-4-11-20/h6-7,12,21H,3-5,8-11H2,1-2H3,(H2,17,18,24). The average molecular weight is 387 g/mol. The molecule has 140 valence electrons. The Morgan fingerprint density at radius 3 is 2.64 bits per heavy atom. The molecule has 0 radical (unpaired) electrons. The van der Waals surface area contributed by atoms with Crippen LogP contribution in [0.2, 0.25) is 0 Å². The van der Waals surface area contributed by atoms with E-state index in [4.69, 9.17) is 12.2 Å². The Hall–Kier alpha value is -1.42. The lowest BCUT2D eigenvalue weighted by molar-refractivity contribution is 0.400. The minimum Gasteiger partial charge on any atom is -0.506 e. The zero-order valence-corrected chi connectivity index (χ0v) is 16.3. The number of phenolic OH excluding ortho intramolecular Hbond substituents is 1. The van der Waals surface area contributed by atoms with Gasteiger partial charge in [0.15, 0.2) is 5.11 Å². The van der Waals surface area contributed by atoms with Crippen molar-refractivity contribution in [3.63, 3.8) is 0 Å². The number of hydrogen-bond donors (Lipinski definition) is 3. The number of aromatic hydroxyl groups is 1. The molecular formula is C16H26N4O3S2. The molecule has 1 saturated heterocycles. The van der Waals surface area contributed by atoms with Gasteiger partial charge in [-0.25, -0.2) is 8.42 Å². The Morgan fingerprint density at radius 2 is 2.00 bits per heavy atom. The fourth-order valence-corrected chi connectivity index (χ4v) is 4.37. The second kappa shape index (κ2) is 8.79. The van der Waals surface area contributed by atoms with Crippen LogP contribution in [0.5, 0.6) is 5.75 Å². The van der Waals surface area contributed by atoms with E-state index in [9.17, 15) is 13.5 Å². The fourth-order valence-electron chi connectivity index (χ4n) is 2.62. The van der Waals surface area contributed by atoms with Crippen LogP contribution in [0.3, 0.4) is 0 Å². The van der Waals surface area contributed by atoms with E-state index in [1.807, 2.05) is 14.1 Å².